The minimum atomic E-state index is -2.63. The van der Waals surface area contributed by atoms with Gasteiger partial charge in [-0.3, -0.25) is 4.79 Å². The van der Waals surface area contributed by atoms with E-state index in [0.717, 1.165) is 22.3 Å². The number of nitrogens with zero attached hydrogens (tertiary/aromatic N) is 1. The van der Waals surface area contributed by atoms with E-state index in [0.29, 0.717) is 21.0 Å². The first-order valence-electron chi connectivity index (χ1n) is 7.39. The molecule has 2 aromatic heterocycles. The number of carbonyl (C=O) groups is 1. The molecule has 1 aliphatic heterocycles. The van der Waals surface area contributed by atoms with Gasteiger partial charge in [0, 0.05) is 5.39 Å². The minimum Gasteiger partial charge on any atom is -0.360 e. The standard InChI is InChI=1S/C17H13F2N3OS/c1-8-7-10(14(18)19)20-17-11(8)12-13(24-17)16(23)22-15(21-12)9-5-3-2-4-6-9/h2-7,14-15,21H,1H3,(H,22,23). The van der Waals surface area contributed by atoms with Crippen LogP contribution in [-0.4, -0.2) is 10.9 Å². The van der Waals surface area contributed by atoms with E-state index in [1.165, 1.54) is 6.07 Å². The number of aryl methyl sites for hydroxylation is 1. The second-order valence-corrected chi connectivity index (χ2v) is 6.61. The Morgan fingerprint density at radius 1 is 1.21 bits per heavy atom. The van der Waals surface area contributed by atoms with Crippen LogP contribution in [0, 0.1) is 6.92 Å². The molecule has 4 rings (SSSR count). The maximum absolute atomic E-state index is 13.0. The fourth-order valence-electron chi connectivity index (χ4n) is 2.91. The Balaban J connectivity index is 1.85. The van der Waals surface area contributed by atoms with Crippen molar-refractivity contribution in [2.24, 2.45) is 0 Å². The summed E-state index contributed by atoms with van der Waals surface area (Å²) < 4.78 is 25.9. The topological polar surface area (TPSA) is 54.0 Å². The molecule has 0 saturated carbocycles. The van der Waals surface area contributed by atoms with Crippen LogP contribution in [0.25, 0.3) is 10.2 Å². The number of pyridine rings is 1. The quantitative estimate of drug-likeness (QED) is 0.724. The summed E-state index contributed by atoms with van der Waals surface area (Å²) in [5.74, 6) is -0.224. The monoisotopic (exact) mass is 345 g/mol. The largest absolute Gasteiger partial charge is 0.360 e. The highest BCUT2D eigenvalue weighted by Gasteiger charge is 2.30. The molecule has 0 aliphatic carbocycles. The molecule has 3 aromatic rings. The first kappa shape index (κ1) is 15.0. The zero-order valence-corrected chi connectivity index (χ0v) is 13.5. The molecular formula is C17H13F2N3OS. The van der Waals surface area contributed by atoms with Gasteiger partial charge in [0.2, 0.25) is 0 Å². The van der Waals surface area contributed by atoms with Gasteiger partial charge in [0.15, 0.2) is 0 Å². The van der Waals surface area contributed by atoms with Gasteiger partial charge in [-0.05, 0) is 24.1 Å². The van der Waals surface area contributed by atoms with Crippen LogP contribution >= 0.6 is 11.3 Å². The van der Waals surface area contributed by atoms with Crippen molar-refractivity contribution in [3.63, 3.8) is 0 Å². The number of hydrogen-bond donors (Lipinski definition) is 2. The molecule has 1 aromatic carbocycles. The van der Waals surface area contributed by atoms with Crippen LogP contribution in [0.15, 0.2) is 36.4 Å². The van der Waals surface area contributed by atoms with Crippen molar-refractivity contribution in [1.82, 2.24) is 10.3 Å². The predicted molar refractivity (Wildman–Crippen MR) is 89.6 cm³/mol. The van der Waals surface area contributed by atoms with Gasteiger partial charge < -0.3 is 10.6 Å². The van der Waals surface area contributed by atoms with Crippen LogP contribution in [-0.2, 0) is 0 Å². The minimum absolute atomic E-state index is 0.224. The summed E-state index contributed by atoms with van der Waals surface area (Å²) >= 11 is 1.13. The smallest absolute Gasteiger partial charge is 0.280 e. The van der Waals surface area contributed by atoms with E-state index < -0.39 is 6.43 Å². The zero-order valence-electron chi connectivity index (χ0n) is 12.6. The highest BCUT2D eigenvalue weighted by Crippen LogP contribution is 2.41. The molecule has 1 amide bonds. The lowest BCUT2D eigenvalue weighted by atomic mass is 10.1. The molecule has 0 spiro atoms. The average molecular weight is 345 g/mol. The lowest BCUT2D eigenvalue weighted by molar-refractivity contribution is 0.0940. The SMILES string of the molecule is Cc1cc(C(F)F)nc2sc3c(c12)NC(c1ccccc1)NC3=O. The molecule has 0 radical (unpaired) electrons. The van der Waals surface area contributed by atoms with E-state index in [-0.39, 0.29) is 17.8 Å². The number of amides is 1. The highest BCUT2D eigenvalue weighted by molar-refractivity contribution is 7.21. The molecule has 3 heterocycles. The molecule has 4 nitrogen and oxygen atoms in total. The van der Waals surface area contributed by atoms with Crippen LogP contribution in [0.5, 0.6) is 0 Å². The first-order chi connectivity index (χ1) is 11.5. The first-order valence-corrected chi connectivity index (χ1v) is 8.21. The third-order valence-corrected chi connectivity index (χ3v) is 5.09. The lowest BCUT2D eigenvalue weighted by Crippen LogP contribution is -2.37. The molecule has 7 heteroatoms. The van der Waals surface area contributed by atoms with Crippen molar-refractivity contribution in [3.05, 3.63) is 58.1 Å². The predicted octanol–water partition coefficient (Wildman–Crippen LogP) is 4.40. The molecule has 24 heavy (non-hydrogen) atoms. The van der Waals surface area contributed by atoms with E-state index in [4.69, 9.17) is 0 Å². The number of alkyl halides is 2. The van der Waals surface area contributed by atoms with Crippen molar-refractivity contribution in [2.45, 2.75) is 19.5 Å². The van der Waals surface area contributed by atoms with Crippen LogP contribution in [0.2, 0.25) is 0 Å². The number of aromatic nitrogens is 1. The second kappa shape index (κ2) is 5.52. The Bertz CT molecular complexity index is 940. The number of nitrogens with one attached hydrogen (secondary N) is 2. The van der Waals surface area contributed by atoms with Gasteiger partial charge in [-0.25, -0.2) is 13.8 Å². The van der Waals surface area contributed by atoms with E-state index in [1.54, 1.807) is 6.92 Å². The van der Waals surface area contributed by atoms with E-state index in [9.17, 15) is 13.6 Å². The van der Waals surface area contributed by atoms with Crippen LogP contribution in [0.3, 0.4) is 0 Å². The molecule has 1 atom stereocenters. The molecule has 1 unspecified atom stereocenters. The maximum Gasteiger partial charge on any atom is 0.280 e. The van der Waals surface area contributed by atoms with Crippen LogP contribution < -0.4 is 10.6 Å². The molecule has 0 bridgehead atoms. The third-order valence-electron chi connectivity index (χ3n) is 4.01. The summed E-state index contributed by atoms with van der Waals surface area (Å²) in [6.45, 7) is 1.76. The molecule has 0 saturated heterocycles. The summed E-state index contributed by atoms with van der Waals surface area (Å²) in [5.41, 5.74) is 2.00. The summed E-state index contributed by atoms with van der Waals surface area (Å²) in [6.07, 6.45) is -3.00. The van der Waals surface area contributed by atoms with Gasteiger partial charge in [0.05, 0.1) is 5.69 Å². The Labute approximate surface area is 140 Å². The Hall–Kier alpha value is -2.54. The second-order valence-electron chi connectivity index (χ2n) is 5.61. The maximum atomic E-state index is 13.0. The number of thiophene rings is 1. The van der Waals surface area contributed by atoms with Crippen molar-refractivity contribution < 1.29 is 13.6 Å². The number of benzene rings is 1. The van der Waals surface area contributed by atoms with E-state index >= 15 is 0 Å². The average Bonchev–Trinajstić information content (AvgIpc) is 2.95. The van der Waals surface area contributed by atoms with Gasteiger partial charge in [-0.2, -0.15) is 0 Å². The molecule has 0 fully saturated rings. The number of anilines is 1. The molecule has 2 N–H and O–H groups in total. The lowest BCUT2D eigenvalue weighted by Gasteiger charge is -2.26. The fraction of sp³-hybridized carbons (Fsp3) is 0.176. The Morgan fingerprint density at radius 3 is 2.67 bits per heavy atom. The fourth-order valence-corrected chi connectivity index (χ4v) is 4.03. The summed E-state index contributed by atoms with van der Waals surface area (Å²) in [5, 5.41) is 6.93. The number of rotatable bonds is 2. The number of halogens is 2. The van der Waals surface area contributed by atoms with Gasteiger partial charge >= 0.3 is 0 Å². The number of carbonyl (C=O) groups excluding carboxylic acids is 1. The summed E-state index contributed by atoms with van der Waals surface area (Å²) in [4.78, 5) is 17.4. The Kier molecular flexibility index (Phi) is 3.45. The molecular weight excluding hydrogens is 332 g/mol. The van der Waals surface area contributed by atoms with Crippen LogP contribution in [0.4, 0.5) is 14.5 Å². The summed E-state index contributed by atoms with van der Waals surface area (Å²) in [6, 6.07) is 10.9. The third kappa shape index (κ3) is 2.32. The van der Waals surface area contributed by atoms with E-state index in [2.05, 4.69) is 15.6 Å². The van der Waals surface area contributed by atoms with Gasteiger partial charge in [-0.1, -0.05) is 30.3 Å². The van der Waals surface area contributed by atoms with Crippen LogP contribution in [0.1, 0.15) is 39.1 Å². The Morgan fingerprint density at radius 2 is 1.96 bits per heavy atom. The highest BCUT2D eigenvalue weighted by atomic mass is 32.1. The van der Waals surface area contributed by atoms with Crippen molar-refractivity contribution in [3.8, 4) is 0 Å². The van der Waals surface area contributed by atoms with Crippen molar-refractivity contribution in [2.75, 3.05) is 5.32 Å². The zero-order chi connectivity index (χ0) is 16.8. The summed E-state index contributed by atoms with van der Waals surface area (Å²) in [7, 11) is 0. The molecule has 122 valence electrons. The molecule has 1 aliphatic rings. The van der Waals surface area contributed by atoms with Gasteiger partial charge in [-0.15, -0.1) is 11.3 Å². The number of hydrogen-bond acceptors (Lipinski definition) is 4. The van der Waals surface area contributed by atoms with E-state index in [1.807, 2.05) is 30.3 Å². The van der Waals surface area contributed by atoms with Crippen molar-refractivity contribution >= 4 is 33.1 Å². The van der Waals surface area contributed by atoms with Gasteiger partial charge in [0.1, 0.15) is 21.6 Å². The number of fused-ring (bicyclic) bond motifs is 3. The van der Waals surface area contributed by atoms with Gasteiger partial charge in [0.25, 0.3) is 12.3 Å². The van der Waals surface area contributed by atoms with Crippen molar-refractivity contribution in [1.29, 1.82) is 0 Å². The normalized spacial score (nSPS) is 16.8.